The fourth-order valence-electron chi connectivity index (χ4n) is 1.86. The molecule has 0 bridgehead atoms. The Morgan fingerprint density at radius 3 is 2.89 bits per heavy atom. The summed E-state index contributed by atoms with van der Waals surface area (Å²) in [5.41, 5.74) is 8.93. The molecule has 0 atom stereocenters. The van der Waals surface area contributed by atoms with E-state index in [1.165, 1.54) is 0 Å². The first-order valence-corrected chi connectivity index (χ1v) is 6.21. The van der Waals surface area contributed by atoms with Crippen molar-refractivity contribution in [1.29, 1.82) is 0 Å². The van der Waals surface area contributed by atoms with E-state index in [1.807, 2.05) is 31.2 Å². The number of nitrogens with two attached hydrogens (primary N) is 1. The molecule has 0 aliphatic carbocycles. The summed E-state index contributed by atoms with van der Waals surface area (Å²) in [7, 11) is 0. The summed E-state index contributed by atoms with van der Waals surface area (Å²) in [6.45, 7) is 2.51. The Morgan fingerprint density at radius 1 is 1.32 bits per heavy atom. The van der Waals surface area contributed by atoms with Gasteiger partial charge in [0.1, 0.15) is 0 Å². The number of anilines is 1. The highest BCUT2D eigenvalue weighted by atomic mass is 16.1. The van der Waals surface area contributed by atoms with Crippen molar-refractivity contribution in [3.05, 3.63) is 59.4 Å². The zero-order valence-electron chi connectivity index (χ0n) is 10.9. The average molecular weight is 255 g/mol. The van der Waals surface area contributed by atoms with Crippen LogP contribution in [0, 0.1) is 6.92 Å². The minimum atomic E-state index is -0.133. The number of aromatic nitrogens is 1. The number of carbonyl (C=O) groups is 1. The summed E-state index contributed by atoms with van der Waals surface area (Å²) in [6, 6.07) is 9.38. The second kappa shape index (κ2) is 6.11. The molecule has 98 valence electrons. The van der Waals surface area contributed by atoms with Gasteiger partial charge in [-0.3, -0.25) is 9.78 Å². The van der Waals surface area contributed by atoms with E-state index in [0.29, 0.717) is 17.8 Å². The third-order valence-corrected chi connectivity index (χ3v) is 2.76. The first-order valence-electron chi connectivity index (χ1n) is 6.21. The Balaban J connectivity index is 2.13. The van der Waals surface area contributed by atoms with Crippen molar-refractivity contribution < 1.29 is 4.79 Å². The lowest BCUT2D eigenvalue weighted by atomic mass is 10.1. The number of nitrogens with zero attached hydrogens (tertiary/aromatic N) is 1. The maximum Gasteiger partial charge on any atom is 0.255 e. The zero-order valence-corrected chi connectivity index (χ0v) is 10.9. The molecule has 0 aliphatic rings. The van der Waals surface area contributed by atoms with E-state index < -0.39 is 0 Å². The van der Waals surface area contributed by atoms with Crippen molar-refractivity contribution in [3.8, 4) is 0 Å². The Bertz CT molecular complexity index is 581. The van der Waals surface area contributed by atoms with Crippen LogP contribution in [0.3, 0.4) is 0 Å². The van der Waals surface area contributed by atoms with Gasteiger partial charge < -0.3 is 11.1 Å². The third-order valence-electron chi connectivity index (χ3n) is 2.76. The van der Waals surface area contributed by atoms with Gasteiger partial charge in [0.25, 0.3) is 5.91 Å². The lowest BCUT2D eigenvalue weighted by molar-refractivity contribution is 0.102. The topological polar surface area (TPSA) is 68.0 Å². The van der Waals surface area contributed by atoms with Crippen LogP contribution >= 0.6 is 0 Å². The summed E-state index contributed by atoms with van der Waals surface area (Å²) in [6.07, 6.45) is 4.15. The number of amides is 1. The molecule has 4 nitrogen and oxygen atoms in total. The third kappa shape index (κ3) is 3.63. The molecule has 0 saturated carbocycles. The van der Waals surface area contributed by atoms with Gasteiger partial charge in [0, 0.05) is 11.8 Å². The number of carbonyl (C=O) groups excluding carboxylic acids is 1. The summed E-state index contributed by atoms with van der Waals surface area (Å²) in [4.78, 5) is 16.2. The number of hydrogen-bond donors (Lipinski definition) is 2. The standard InChI is InChI=1S/C15H17N3O/c1-11-7-14(10-17-9-11)18-15(19)13-4-2-3-12(8-13)5-6-16/h2-4,7-10H,5-6,16H2,1H3,(H,18,19). The van der Waals surface area contributed by atoms with Gasteiger partial charge in [-0.25, -0.2) is 0 Å². The van der Waals surface area contributed by atoms with Gasteiger partial charge in [-0.05, 0) is 49.2 Å². The first kappa shape index (κ1) is 13.2. The van der Waals surface area contributed by atoms with Crippen molar-refractivity contribution in [2.45, 2.75) is 13.3 Å². The van der Waals surface area contributed by atoms with Gasteiger partial charge in [0.15, 0.2) is 0 Å². The molecular weight excluding hydrogens is 238 g/mol. The van der Waals surface area contributed by atoms with Crippen molar-refractivity contribution in [1.82, 2.24) is 4.98 Å². The Kier molecular flexibility index (Phi) is 4.26. The van der Waals surface area contributed by atoms with Crippen LogP contribution in [0.1, 0.15) is 21.5 Å². The van der Waals surface area contributed by atoms with E-state index in [-0.39, 0.29) is 5.91 Å². The first-order chi connectivity index (χ1) is 9.19. The lowest BCUT2D eigenvalue weighted by Crippen LogP contribution is -2.13. The number of nitrogens with one attached hydrogen (secondary N) is 1. The number of pyridine rings is 1. The summed E-state index contributed by atoms with van der Waals surface area (Å²) in [5.74, 6) is -0.133. The predicted octanol–water partition coefficient (Wildman–Crippen LogP) is 2.14. The summed E-state index contributed by atoms with van der Waals surface area (Å²) in [5, 5.41) is 2.84. The monoisotopic (exact) mass is 255 g/mol. The molecule has 0 aliphatic heterocycles. The minimum absolute atomic E-state index is 0.133. The van der Waals surface area contributed by atoms with E-state index in [9.17, 15) is 4.79 Å². The number of benzene rings is 1. The Labute approximate surface area is 112 Å². The second-order valence-electron chi connectivity index (χ2n) is 4.44. The molecule has 2 aromatic rings. The maximum absolute atomic E-state index is 12.1. The van der Waals surface area contributed by atoms with Gasteiger partial charge in [-0.2, -0.15) is 0 Å². The van der Waals surface area contributed by atoms with E-state index in [4.69, 9.17) is 5.73 Å². The number of hydrogen-bond acceptors (Lipinski definition) is 3. The van der Waals surface area contributed by atoms with Crippen LogP contribution in [-0.4, -0.2) is 17.4 Å². The van der Waals surface area contributed by atoms with Gasteiger partial charge in [0.2, 0.25) is 0 Å². The molecule has 0 saturated heterocycles. The van der Waals surface area contributed by atoms with Crippen molar-refractivity contribution in [3.63, 3.8) is 0 Å². The van der Waals surface area contributed by atoms with Gasteiger partial charge in [-0.15, -0.1) is 0 Å². The summed E-state index contributed by atoms with van der Waals surface area (Å²) < 4.78 is 0. The van der Waals surface area contributed by atoms with Crippen molar-refractivity contribution >= 4 is 11.6 Å². The zero-order chi connectivity index (χ0) is 13.7. The second-order valence-corrected chi connectivity index (χ2v) is 4.44. The number of aryl methyl sites for hydroxylation is 1. The van der Waals surface area contributed by atoms with Crippen LogP contribution in [0.4, 0.5) is 5.69 Å². The molecule has 1 aromatic heterocycles. The molecule has 3 N–H and O–H groups in total. The Hall–Kier alpha value is -2.20. The fourth-order valence-corrected chi connectivity index (χ4v) is 1.86. The average Bonchev–Trinajstić information content (AvgIpc) is 2.39. The Morgan fingerprint density at radius 2 is 2.16 bits per heavy atom. The molecular formula is C15H17N3O. The maximum atomic E-state index is 12.1. The van der Waals surface area contributed by atoms with E-state index >= 15 is 0 Å². The molecule has 0 fully saturated rings. The molecule has 1 heterocycles. The van der Waals surface area contributed by atoms with Crippen LogP contribution in [0.5, 0.6) is 0 Å². The SMILES string of the molecule is Cc1cncc(NC(=O)c2cccc(CCN)c2)c1. The highest BCUT2D eigenvalue weighted by molar-refractivity contribution is 6.04. The van der Waals surface area contributed by atoms with E-state index in [2.05, 4.69) is 10.3 Å². The molecule has 0 unspecified atom stereocenters. The molecule has 4 heteroatoms. The van der Waals surface area contributed by atoms with Crippen LogP contribution < -0.4 is 11.1 Å². The molecule has 0 radical (unpaired) electrons. The lowest BCUT2D eigenvalue weighted by Gasteiger charge is -2.07. The molecule has 1 amide bonds. The molecule has 0 spiro atoms. The van der Waals surface area contributed by atoms with Crippen LogP contribution in [-0.2, 0) is 6.42 Å². The highest BCUT2D eigenvalue weighted by Crippen LogP contribution is 2.11. The smallest absolute Gasteiger partial charge is 0.255 e. The van der Waals surface area contributed by atoms with Crippen LogP contribution in [0.15, 0.2) is 42.7 Å². The minimum Gasteiger partial charge on any atom is -0.330 e. The largest absolute Gasteiger partial charge is 0.330 e. The quantitative estimate of drug-likeness (QED) is 0.879. The molecule has 19 heavy (non-hydrogen) atoms. The highest BCUT2D eigenvalue weighted by Gasteiger charge is 2.06. The van der Waals surface area contributed by atoms with Crippen LogP contribution in [0.25, 0.3) is 0 Å². The normalized spacial score (nSPS) is 10.2. The summed E-state index contributed by atoms with van der Waals surface area (Å²) >= 11 is 0. The van der Waals surface area contributed by atoms with Crippen LogP contribution in [0.2, 0.25) is 0 Å². The fraction of sp³-hybridized carbons (Fsp3) is 0.200. The predicted molar refractivity (Wildman–Crippen MR) is 76.1 cm³/mol. The number of rotatable bonds is 4. The van der Waals surface area contributed by atoms with Crippen molar-refractivity contribution in [2.75, 3.05) is 11.9 Å². The van der Waals surface area contributed by atoms with Gasteiger partial charge >= 0.3 is 0 Å². The molecule has 2 rings (SSSR count). The van der Waals surface area contributed by atoms with E-state index in [1.54, 1.807) is 18.5 Å². The van der Waals surface area contributed by atoms with Crippen molar-refractivity contribution in [2.24, 2.45) is 5.73 Å². The van der Waals surface area contributed by atoms with Gasteiger partial charge in [-0.1, -0.05) is 12.1 Å². The van der Waals surface area contributed by atoms with Gasteiger partial charge in [0.05, 0.1) is 11.9 Å². The van der Waals surface area contributed by atoms with E-state index in [0.717, 1.165) is 17.5 Å². The molecule has 1 aromatic carbocycles.